The Labute approximate surface area is 208 Å². The number of phenolic OH excluding ortho intramolecular Hbond substituents is 1. The second-order valence-electron chi connectivity index (χ2n) is 9.99. The molecule has 1 amide bonds. The largest absolute Gasteiger partial charge is 0.510 e. The number of nitrogens with two attached hydrogens (primary N) is 1. The zero-order valence-electron chi connectivity index (χ0n) is 20.5. The molecule has 1 aromatic rings. The number of aromatic hydroxyl groups is 1. The number of fused-ring (bicyclic) bond motifs is 3. The number of ketones is 2. The van der Waals surface area contributed by atoms with Crippen molar-refractivity contribution in [3.05, 3.63) is 51.5 Å². The first-order valence-electron chi connectivity index (χ1n) is 11.5. The Morgan fingerprint density at radius 2 is 1.83 bits per heavy atom. The molecule has 0 fully saturated rings. The lowest BCUT2D eigenvalue weighted by atomic mass is 9.58. The third-order valence-electron chi connectivity index (χ3n) is 7.22. The molecule has 0 radical (unpaired) electrons. The lowest BCUT2D eigenvalue weighted by Crippen LogP contribution is -2.63. The van der Waals surface area contributed by atoms with Crippen molar-refractivity contribution in [2.75, 3.05) is 34.7 Å². The van der Waals surface area contributed by atoms with Gasteiger partial charge in [0, 0.05) is 17.1 Å². The quantitative estimate of drug-likeness (QED) is 0.287. The topological polar surface area (TPSA) is 165 Å². The fourth-order valence-corrected chi connectivity index (χ4v) is 5.66. The van der Waals surface area contributed by atoms with Crippen molar-refractivity contribution in [3.63, 3.8) is 0 Å². The summed E-state index contributed by atoms with van der Waals surface area (Å²) in [5.74, 6) is -0.678. The monoisotopic (exact) mass is 495 g/mol. The van der Waals surface area contributed by atoms with Gasteiger partial charge in [0.25, 0.3) is 5.91 Å². The smallest absolute Gasteiger partial charge is 0.255 e. The van der Waals surface area contributed by atoms with E-state index in [-0.39, 0.29) is 29.7 Å². The normalized spacial score (nSPS) is 27.5. The fourth-order valence-electron chi connectivity index (χ4n) is 5.66. The number of carbonyl (C=O) groups is 3. The Balaban J connectivity index is 1.91. The van der Waals surface area contributed by atoms with Gasteiger partial charge in [0.15, 0.2) is 11.4 Å². The number of hydrogen-bond acceptors (Lipinski definition) is 9. The molecule has 3 aliphatic rings. The molecule has 0 saturated carbocycles. The van der Waals surface area contributed by atoms with Crippen LogP contribution in [0.15, 0.2) is 34.8 Å². The second-order valence-corrected chi connectivity index (χ2v) is 9.99. The van der Waals surface area contributed by atoms with Crippen molar-refractivity contribution in [2.45, 2.75) is 24.5 Å². The summed E-state index contributed by atoms with van der Waals surface area (Å²) in [7, 11) is 6.91. The summed E-state index contributed by atoms with van der Waals surface area (Å²) in [5.41, 5.74) is 2.68. The van der Waals surface area contributed by atoms with Gasteiger partial charge in [0.05, 0.1) is 18.2 Å². The predicted octanol–water partition coefficient (Wildman–Crippen LogP) is 0.0337. The third kappa shape index (κ3) is 3.59. The van der Waals surface area contributed by atoms with E-state index in [4.69, 9.17) is 5.73 Å². The lowest BCUT2D eigenvalue weighted by molar-refractivity contribution is -0.148. The highest BCUT2D eigenvalue weighted by Crippen LogP contribution is 2.52. The number of phenols is 1. The van der Waals surface area contributed by atoms with Crippen LogP contribution in [0.3, 0.4) is 0 Å². The molecule has 10 nitrogen and oxygen atoms in total. The van der Waals surface area contributed by atoms with Gasteiger partial charge in [-0.2, -0.15) is 0 Å². The standard InChI is InChI=1S/C26H29N3O7/c1-28(2)9-5-6-12-7-8-16(30)18-14(12)10-13-11-15-20(29(3)4)22(32)19(25(27)35)24(34)26(15,36)23(33)17(13)21(18)31/h7-8,13,15,20,30,32-33,36H,9-11H2,1-4H3,(H2,27,35)/t13-,15-,20-,26+/m1/s1. The number of nitrogens with zero attached hydrogens (tertiary/aromatic N) is 2. The number of carbonyl (C=O) groups excluding carboxylic acids is 3. The highest BCUT2D eigenvalue weighted by Gasteiger charge is 2.63. The number of likely N-dealkylation sites (N-methyl/N-ethyl adjacent to an activating group) is 1. The van der Waals surface area contributed by atoms with Crippen molar-refractivity contribution in [1.82, 2.24) is 9.80 Å². The van der Waals surface area contributed by atoms with Crippen LogP contribution in [0, 0.1) is 23.7 Å². The Kier molecular flexibility index (Phi) is 6.21. The molecule has 4 atom stereocenters. The maximum Gasteiger partial charge on any atom is 0.255 e. The second kappa shape index (κ2) is 8.78. The lowest BCUT2D eigenvalue weighted by Gasteiger charge is -2.50. The molecule has 0 saturated heterocycles. The summed E-state index contributed by atoms with van der Waals surface area (Å²) in [5, 5.41) is 44.2. The van der Waals surface area contributed by atoms with Gasteiger partial charge < -0.3 is 26.2 Å². The van der Waals surface area contributed by atoms with Crippen LogP contribution >= 0.6 is 0 Å². The van der Waals surface area contributed by atoms with Crippen LogP contribution in [-0.2, 0) is 16.0 Å². The summed E-state index contributed by atoms with van der Waals surface area (Å²) in [6, 6.07) is 1.94. The molecule has 0 bridgehead atoms. The van der Waals surface area contributed by atoms with E-state index in [9.17, 15) is 34.8 Å². The van der Waals surface area contributed by atoms with Gasteiger partial charge in [0.1, 0.15) is 22.8 Å². The molecule has 1 aromatic carbocycles. The van der Waals surface area contributed by atoms with Crippen molar-refractivity contribution in [2.24, 2.45) is 17.6 Å². The van der Waals surface area contributed by atoms with Crippen LogP contribution in [-0.4, -0.2) is 94.1 Å². The molecular formula is C26H29N3O7. The Hall–Kier alpha value is -3.65. The number of rotatable bonds is 3. The summed E-state index contributed by atoms with van der Waals surface area (Å²) in [4.78, 5) is 42.3. The van der Waals surface area contributed by atoms with Crippen LogP contribution < -0.4 is 5.73 Å². The van der Waals surface area contributed by atoms with Crippen molar-refractivity contribution in [3.8, 4) is 17.6 Å². The molecule has 4 rings (SSSR count). The van der Waals surface area contributed by atoms with Gasteiger partial charge in [-0.25, -0.2) is 0 Å². The van der Waals surface area contributed by atoms with Crippen molar-refractivity contribution < 1.29 is 34.8 Å². The number of allylic oxidation sites excluding steroid dienone is 1. The Bertz CT molecular complexity index is 1310. The van der Waals surface area contributed by atoms with Gasteiger partial charge >= 0.3 is 0 Å². The summed E-state index contributed by atoms with van der Waals surface area (Å²) < 4.78 is 0. The minimum Gasteiger partial charge on any atom is -0.510 e. The van der Waals surface area contributed by atoms with E-state index in [1.54, 1.807) is 20.2 Å². The molecule has 190 valence electrons. The molecule has 6 N–H and O–H groups in total. The maximum absolute atomic E-state index is 13.6. The highest BCUT2D eigenvalue weighted by molar-refractivity contribution is 6.24. The molecule has 3 aliphatic carbocycles. The third-order valence-corrected chi connectivity index (χ3v) is 7.22. The van der Waals surface area contributed by atoms with Crippen molar-refractivity contribution in [1.29, 1.82) is 0 Å². The highest BCUT2D eigenvalue weighted by atomic mass is 16.3. The number of aliphatic hydroxyl groups excluding tert-OH is 2. The number of primary amides is 1. The first kappa shape index (κ1) is 25.4. The van der Waals surface area contributed by atoms with E-state index < -0.39 is 58.0 Å². The van der Waals surface area contributed by atoms with Crippen LogP contribution in [0.25, 0.3) is 0 Å². The van der Waals surface area contributed by atoms with Gasteiger partial charge in [-0.15, -0.1) is 0 Å². The molecule has 0 spiro atoms. The number of hydrogen-bond donors (Lipinski definition) is 5. The molecule has 36 heavy (non-hydrogen) atoms. The molecule has 0 unspecified atom stereocenters. The van der Waals surface area contributed by atoms with Crippen LogP contribution in [0.2, 0.25) is 0 Å². The van der Waals surface area contributed by atoms with E-state index >= 15 is 0 Å². The number of Topliss-reactive ketones (excluding diaryl/α,β-unsaturated/α-hetero) is 2. The molecular weight excluding hydrogens is 466 g/mol. The first-order valence-corrected chi connectivity index (χ1v) is 11.5. The van der Waals surface area contributed by atoms with Gasteiger partial charge in [-0.1, -0.05) is 11.8 Å². The molecule has 0 aliphatic heterocycles. The summed E-state index contributed by atoms with van der Waals surface area (Å²) in [6.07, 6.45) is 0.237. The Morgan fingerprint density at radius 1 is 1.17 bits per heavy atom. The zero-order valence-corrected chi connectivity index (χ0v) is 20.5. The van der Waals surface area contributed by atoms with Crippen LogP contribution in [0.4, 0.5) is 0 Å². The number of benzene rings is 1. The minimum absolute atomic E-state index is 0.0337. The SMILES string of the molecule is CN(C)CC#Cc1ccc(O)c2c1C[C@@H]1C[C@@H]3[C@@H](N(C)C)C(O)=C(C(N)=O)C(=O)[C@@]3(O)C(O)=C1C2=O. The van der Waals surface area contributed by atoms with Crippen LogP contribution in [0.5, 0.6) is 5.75 Å². The molecule has 10 heteroatoms. The van der Waals surface area contributed by atoms with Gasteiger partial charge in [-0.05, 0) is 64.6 Å². The summed E-state index contributed by atoms with van der Waals surface area (Å²) >= 11 is 0. The maximum atomic E-state index is 13.6. The fraction of sp³-hybridized carbons (Fsp3) is 0.423. The number of amides is 1. The average Bonchev–Trinajstić information content (AvgIpc) is 2.77. The van der Waals surface area contributed by atoms with E-state index in [2.05, 4.69) is 11.8 Å². The van der Waals surface area contributed by atoms with Gasteiger partial charge in [-0.3, -0.25) is 24.2 Å². The van der Waals surface area contributed by atoms with E-state index in [1.807, 2.05) is 19.0 Å². The van der Waals surface area contributed by atoms with E-state index in [0.29, 0.717) is 17.7 Å². The zero-order chi connectivity index (χ0) is 26.7. The summed E-state index contributed by atoms with van der Waals surface area (Å²) in [6.45, 7) is 0.481. The Morgan fingerprint density at radius 3 is 2.42 bits per heavy atom. The van der Waals surface area contributed by atoms with E-state index in [0.717, 1.165) is 0 Å². The van der Waals surface area contributed by atoms with Crippen LogP contribution in [0.1, 0.15) is 27.9 Å². The molecule has 0 aromatic heterocycles. The predicted molar refractivity (Wildman–Crippen MR) is 129 cm³/mol. The van der Waals surface area contributed by atoms with Gasteiger partial charge in [0.2, 0.25) is 5.78 Å². The first-order chi connectivity index (χ1) is 16.8. The molecule has 0 heterocycles. The van der Waals surface area contributed by atoms with Crippen molar-refractivity contribution >= 4 is 17.5 Å². The minimum atomic E-state index is -2.65. The average molecular weight is 496 g/mol. The van der Waals surface area contributed by atoms with E-state index in [1.165, 1.54) is 11.0 Å². The number of aliphatic hydroxyl groups is 3.